The van der Waals surface area contributed by atoms with E-state index >= 15 is 0 Å². The minimum atomic E-state index is -2.54. The van der Waals surface area contributed by atoms with Crippen molar-refractivity contribution in [1.82, 2.24) is 9.55 Å². The molecule has 2 aromatic rings. The molecule has 22 heavy (non-hydrogen) atoms. The van der Waals surface area contributed by atoms with E-state index in [-0.39, 0.29) is 18.2 Å². The third-order valence-electron chi connectivity index (χ3n) is 3.62. The molecule has 0 bridgehead atoms. The highest BCUT2D eigenvalue weighted by Crippen LogP contribution is 2.27. The molecule has 2 atom stereocenters. The van der Waals surface area contributed by atoms with E-state index in [0.717, 1.165) is 0 Å². The Bertz CT molecular complexity index is 689. The molecule has 1 N–H and O–H groups in total. The lowest BCUT2D eigenvalue weighted by Gasteiger charge is -2.20. The van der Waals surface area contributed by atoms with Crippen molar-refractivity contribution < 1.29 is 28.2 Å². The smallest absolute Gasteiger partial charge is 0.335 e. The Morgan fingerprint density at radius 3 is 3.05 bits per heavy atom. The highest BCUT2D eigenvalue weighted by Gasteiger charge is 2.32. The fourth-order valence-electron chi connectivity index (χ4n) is 2.56. The molecule has 0 unspecified atom stereocenters. The maximum Gasteiger partial charge on any atom is 0.335 e. The molecule has 3 rings (SSSR count). The van der Waals surface area contributed by atoms with Crippen molar-refractivity contribution in [3.63, 3.8) is 0 Å². The fraction of sp³-hybridized carbons (Fsp3) is 0.429. The molecule has 1 aliphatic rings. The zero-order chi connectivity index (χ0) is 15.7. The van der Waals surface area contributed by atoms with Crippen molar-refractivity contribution >= 4 is 17.0 Å². The first-order valence-electron chi connectivity index (χ1n) is 6.73. The molecule has 1 aliphatic heterocycles. The Kier molecular flexibility index (Phi) is 4.04. The zero-order valence-corrected chi connectivity index (χ0v) is 11.5. The van der Waals surface area contributed by atoms with Crippen LogP contribution in [0.2, 0.25) is 0 Å². The van der Waals surface area contributed by atoms with Gasteiger partial charge in [0.2, 0.25) is 0 Å². The van der Waals surface area contributed by atoms with Gasteiger partial charge >= 0.3 is 5.97 Å². The molecule has 6 nitrogen and oxygen atoms in total. The van der Waals surface area contributed by atoms with Gasteiger partial charge in [-0.25, -0.2) is 18.6 Å². The van der Waals surface area contributed by atoms with Gasteiger partial charge in [-0.2, -0.15) is 0 Å². The SMILES string of the molecule is O=C(O)c1ccc2ncn([C@@H]3COC[C@@H]3OCC(F)F)c2c1. The number of rotatable bonds is 5. The first-order chi connectivity index (χ1) is 10.6. The summed E-state index contributed by atoms with van der Waals surface area (Å²) in [6.07, 6.45) is -1.51. The Labute approximate surface area is 124 Å². The monoisotopic (exact) mass is 312 g/mol. The van der Waals surface area contributed by atoms with Crippen molar-refractivity contribution in [2.75, 3.05) is 19.8 Å². The van der Waals surface area contributed by atoms with Crippen LogP contribution in [0.15, 0.2) is 24.5 Å². The standard InChI is InChI=1S/C14H14F2N2O4/c15-13(16)6-22-12-5-21-4-11(12)18-7-17-9-2-1-8(14(19)20)3-10(9)18/h1-3,7,11-13H,4-6H2,(H,19,20)/t11-,12+/m1/s1. The van der Waals surface area contributed by atoms with Gasteiger partial charge in [-0.15, -0.1) is 0 Å². The van der Waals surface area contributed by atoms with Crippen molar-refractivity contribution in [1.29, 1.82) is 0 Å². The number of fused-ring (bicyclic) bond motifs is 1. The quantitative estimate of drug-likeness (QED) is 0.913. The number of ether oxygens (including phenoxy) is 2. The van der Waals surface area contributed by atoms with Gasteiger partial charge in [0, 0.05) is 0 Å². The summed E-state index contributed by atoms with van der Waals surface area (Å²) >= 11 is 0. The molecule has 0 spiro atoms. The van der Waals surface area contributed by atoms with Crippen LogP contribution in [0.4, 0.5) is 8.78 Å². The second kappa shape index (κ2) is 5.98. The lowest BCUT2D eigenvalue weighted by molar-refractivity contribution is -0.0354. The number of alkyl halides is 2. The molecular formula is C14H14F2N2O4. The number of carbonyl (C=O) groups is 1. The maximum absolute atomic E-state index is 12.3. The van der Waals surface area contributed by atoms with Crippen molar-refractivity contribution in [3.8, 4) is 0 Å². The Balaban J connectivity index is 1.91. The summed E-state index contributed by atoms with van der Waals surface area (Å²) in [4.78, 5) is 15.3. The number of nitrogens with zero attached hydrogens (tertiary/aromatic N) is 2. The first-order valence-corrected chi connectivity index (χ1v) is 6.73. The minimum Gasteiger partial charge on any atom is -0.478 e. The molecule has 0 aliphatic carbocycles. The van der Waals surface area contributed by atoms with E-state index in [4.69, 9.17) is 14.6 Å². The number of aromatic nitrogens is 2. The second-order valence-corrected chi connectivity index (χ2v) is 5.03. The number of hydrogen-bond acceptors (Lipinski definition) is 4. The predicted octanol–water partition coefficient (Wildman–Crippen LogP) is 1.96. The highest BCUT2D eigenvalue weighted by atomic mass is 19.3. The molecule has 1 aromatic carbocycles. The maximum atomic E-state index is 12.3. The summed E-state index contributed by atoms with van der Waals surface area (Å²) in [7, 11) is 0. The van der Waals surface area contributed by atoms with Crippen LogP contribution in [0, 0.1) is 0 Å². The molecule has 2 heterocycles. The van der Waals surface area contributed by atoms with E-state index in [1.54, 1.807) is 17.0 Å². The van der Waals surface area contributed by atoms with Crippen LogP contribution in [-0.4, -0.2) is 53.0 Å². The summed E-state index contributed by atoms with van der Waals surface area (Å²) < 4.78 is 36.8. The third kappa shape index (κ3) is 2.79. The number of carboxylic acids is 1. The van der Waals surface area contributed by atoms with E-state index in [2.05, 4.69) is 4.98 Å². The molecule has 0 saturated carbocycles. The van der Waals surface area contributed by atoms with Crippen LogP contribution < -0.4 is 0 Å². The fourth-order valence-corrected chi connectivity index (χ4v) is 2.56. The number of carboxylic acid groups (broad SMARTS) is 1. The van der Waals surface area contributed by atoms with Crippen LogP contribution in [0.5, 0.6) is 0 Å². The van der Waals surface area contributed by atoms with Gasteiger partial charge in [-0.3, -0.25) is 0 Å². The van der Waals surface area contributed by atoms with E-state index in [9.17, 15) is 13.6 Å². The molecule has 0 amide bonds. The highest BCUT2D eigenvalue weighted by molar-refractivity contribution is 5.92. The molecule has 1 aromatic heterocycles. The van der Waals surface area contributed by atoms with E-state index in [1.165, 1.54) is 12.1 Å². The van der Waals surface area contributed by atoms with Gasteiger partial charge in [0.1, 0.15) is 12.7 Å². The molecule has 1 saturated heterocycles. The minimum absolute atomic E-state index is 0.137. The average molecular weight is 312 g/mol. The van der Waals surface area contributed by atoms with Gasteiger partial charge < -0.3 is 19.1 Å². The molecule has 8 heteroatoms. The Hall–Kier alpha value is -2.06. The summed E-state index contributed by atoms with van der Waals surface area (Å²) in [5, 5.41) is 9.07. The number of hydrogen-bond donors (Lipinski definition) is 1. The van der Waals surface area contributed by atoms with Gasteiger partial charge in [0.25, 0.3) is 6.43 Å². The number of imidazole rings is 1. The summed E-state index contributed by atoms with van der Waals surface area (Å²) in [6, 6.07) is 4.28. The van der Waals surface area contributed by atoms with Gasteiger partial charge in [0.05, 0.1) is 42.2 Å². The lowest BCUT2D eigenvalue weighted by Crippen LogP contribution is -2.27. The van der Waals surface area contributed by atoms with Crippen LogP contribution in [0.25, 0.3) is 11.0 Å². The van der Waals surface area contributed by atoms with E-state index in [1.807, 2.05) is 0 Å². The normalized spacial score (nSPS) is 21.8. The number of halogens is 2. The third-order valence-corrected chi connectivity index (χ3v) is 3.62. The van der Waals surface area contributed by atoms with Gasteiger partial charge in [-0.05, 0) is 18.2 Å². The van der Waals surface area contributed by atoms with E-state index in [0.29, 0.717) is 17.6 Å². The van der Waals surface area contributed by atoms with Crippen molar-refractivity contribution in [2.45, 2.75) is 18.6 Å². The van der Waals surface area contributed by atoms with Crippen molar-refractivity contribution in [3.05, 3.63) is 30.1 Å². The largest absolute Gasteiger partial charge is 0.478 e. The molecule has 0 radical (unpaired) electrons. The predicted molar refractivity (Wildman–Crippen MR) is 72.3 cm³/mol. The van der Waals surface area contributed by atoms with Crippen LogP contribution in [0.1, 0.15) is 16.4 Å². The topological polar surface area (TPSA) is 73.6 Å². The molecular weight excluding hydrogens is 298 g/mol. The average Bonchev–Trinajstić information content (AvgIpc) is 3.10. The summed E-state index contributed by atoms with van der Waals surface area (Å²) in [6.45, 7) is -0.135. The Morgan fingerprint density at radius 1 is 1.50 bits per heavy atom. The lowest BCUT2D eigenvalue weighted by atomic mass is 10.1. The van der Waals surface area contributed by atoms with Gasteiger partial charge in [-0.1, -0.05) is 0 Å². The number of benzene rings is 1. The van der Waals surface area contributed by atoms with Crippen LogP contribution >= 0.6 is 0 Å². The Morgan fingerprint density at radius 2 is 2.32 bits per heavy atom. The summed E-state index contributed by atoms with van der Waals surface area (Å²) in [5.74, 6) is -1.04. The van der Waals surface area contributed by atoms with E-state index < -0.39 is 25.1 Å². The summed E-state index contributed by atoms with van der Waals surface area (Å²) in [5.41, 5.74) is 1.38. The number of aromatic carboxylic acids is 1. The van der Waals surface area contributed by atoms with Crippen LogP contribution in [0.3, 0.4) is 0 Å². The van der Waals surface area contributed by atoms with Crippen molar-refractivity contribution in [2.24, 2.45) is 0 Å². The first kappa shape index (κ1) is 14.9. The zero-order valence-electron chi connectivity index (χ0n) is 11.5. The second-order valence-electron chi connectivity index (χ2n) is 5.03. The van der Waals surface area contributed by atoms with Crippen LogP contribution in [-0.2, 0) is 9.47 Å². The molecule has 1 fully saturated rings. The molecule has 118 valence electrons. The van der Waals surface area contributed by atoms with Gasteiger partial charge in [0.15, 0.2) is 0 Å².